The van der Waals surface area contributed by atoms with Gasteiger partial charge in [0, 0.05) is 28.8 Å². The molecule has 36 heavy (non-hydrogen) atoms. The van der Waals surface area contributed by atoms with Gasteiger partial charge in [-0.3, -0.25) is 4.72 Å². The molecular formula is C26H25F3N2O4S. The van der Waals surface area contributed by atoms with Crippen LogP contribution in [0.4, 0.5) is 18.9 Å². The molecule has 0 radical (unpaired) electrons. The van der Waals surface area contributed by atoms with Crippen molar-refractivity contribution in [2.45, 2.75) is 25.6 Å². The number of benzene rings is 3. The number of alkyl halides is 3. The van der Waals surface area contributed by atoms with E-state index < -0.39 is 21.8 Å². The van der Waals surface area contributed by atoms with Gasteiger partial charge in [-0.15, -0.1) is 13.2 Å². The molecule has 1 aromatic heterocycles. The van der Waals surface area contributed by atoms with E-state index in [4.69, 9.17) is 4.74 Å². The number of anilines is 1. The topological polar surface area (TPSA) is 69.6 Å². The smallest absolute Gasteiger partial charge is 0.497 e. The van der Waals surface area contributed by atoms with E-state index in [1.165, 1.54) is 25.3 Å². The van der Waals surface area contributed by atoms with Crippen molar-refractivity contribution in [2.24, 2.45) is 0 Å². The molecule has 0 bridgehead atoms. The average molecular weight is 519 g/mol. The summed E-state index contributed by atoms with van der Waals surface area (Å²) < 4.78 is 75.7. The number of rotatable bonds is 7. The maximum Gasteiger partial charge on any atom is 0.573 e. The summed E-state index contributed by atoms with van der Waals surface area (Å²) in [6.07, 6.45) is -1.84. The van der Waals surface area contributed by atoms with Crippen LogP contribution in [0, 0.1) is 0 Å². The van der Waals surface area contributed by atoms with Crippen molar-refractivity contribution in [1.29, 1.82) is 0 Å². The Morgan fingerprint density at radius 1 is 0.889 bits per heavy atom. The van der Waals surface area contributed by atoms with Gasteiger partial charge in [0.2, 0.25) is 10.0 Å². The molecule has 0 aliphatic carbocycles. The number of hydrogen-bond acceptors (Lipinski definition) is 4. The number of nitrogens with one attached hydrogen (secondary N) is 1. The van der Waals surface area contributed by atoms with E-state index in [0.29, 0.717) is 17.0 Å². The van der Waals surface area contributed by atoms with Gasteiger partial charge in [0.15, 0.2) is 0 Å². The highest BCUT2D eigenvalue weighted by atomic mass is 32.2. The van der Waals surface area contributed by atoms with Crippen molar-refractivity contribution < 1.29 is 31.1 Å². The summed E-state index contributed by atoms with van der Waals surface area (Å²) >= 11 is 0. The second-order valence-electron chi connectivity index (χ2n) is 8.95. The Kier molecular flexibility index (Phi) is 6.42. The van der Waals surface area contributed by atoms with E-state index in [0.717, 1.165) is 28.4 Å². The molecule has 1 N–H and O–H groups in total. The van der Waals surface area contributed by atoms with Crippen molar-refractivity contribution in [3.8, 4) is 17.2 Å². The van der Waals surface area contributed by atoms with Crippen LogP contribution in [0.2, 0.25) is 0 Å². The zero-order valence-corrected chi connectivity index (χ0v) is 20.9. The first-order valence-electron chi connectivity index (χ1n) is 10.9. The molecule has 0 aliphatic rings. The standard InChI is InChI=1S/C26H25F3N2O4S/c1-25(2,18-6-5-7-22(13-18)35-26(27,28)29)19-12-21(16-23(14-19)34-3)31-11-10-17-8-9-20(15-24(17)31)30-36(4,32)33/h5-16,30H,1-4H3. The van der Waals surface area contributed by atoms with Gasteiger partial charge in [0.1, 0.15) is 11.5 Å². The van der Waals surface area contributed by atoms with Crippen molar-refractivity contribution >= 4 is 26.6 Å². The summed E-state index contributed by atoms with van der Waals surface area (Å²) in [4.78, 5) is 0. The van der Waals surface area contributed by atoms with E-state index >= 15 is 0 Å². The van der Waals surface area contributed by atoms with Crippen LogP contribution in [-0.4, -0.2) is 32.7 Å². The van der Waals surface area contributed by atoms with Gasteiger partial charge in [0.05, 0.1) is 24.6 Å². The lowest BCUT2D eigenvalue weighted by atomic mass is 9.78. The first-order chi connectivity index (χ1) is 16.7. The number of aromatic nitrogens is 1. The SMILES string of the molecule is COc1cc(-n2ccc3ccc(NS(C)(=O)=O)cc32)cc(C(C)(C)c2cccc(OC(F)(F)F)c2)c1. The fraction of sp³-hybridized carbons (Fsp3) is 0.231. The molecule has 10 heteroatoms. The van der Waals surface area contributed by atoms with E-state index in [2.05, 4.69) is 9.46 Å². The third-order valence-electron chi connectivity index (χ3n) is 5.91. The molecule has 0 amide bonds. The Hall–Kier alpha value is -3.66. The molecule has 0 atom stereocenters. The van der Waals surface area contributed by atoms with E-state index in [9.17, 15) is 21.6 Å². The summed E-state index contributed by atoms with van der Waals surface area (Å²) in [6.45, 7) is 3.81. The minimum Gasteiger partial charge on any atom is -0.497 e. The molecule has 0 saturated heterocycles. The van der Waals surface area contributed by atoms with E-state index in [1.807, 2.05) is 54.9 Å². The minimum atomic E-state index is -4.79. The molecule has 0 aliphatic heterocycles. The van der Waals surface area contributed by atoms with Gasteiger partial charge in [-0.2, -0.15) is 0 Å². The maximum absolute atomic E-state index is 12.8. The minimum absolute atomic E-state index is 0.293. The van der Waals surface area contributed by atoms with Crippen molar-refractivity contribution in [3.63, 3.8) is 0 Å². The summed E-state index contributed by atoms with van der Waals surface area (Å²) in [5.41, 5.74) is 2.65. The fourth-order valence-electron chi connectivity index (χ4n) is 4.08. The number of hydrogen-bond donors (Lipinski definition) is 1. The van der Waals surface area contributed by atoms with E-state index in [1.54, 1.807) is 18.2 Å². The quantitative estimate of drug-likeness (QED) is 0.315. The van der Waals surface area contributed by atoms with Gasteiger partial charge in [-0.1, -0.05) is 32.0 Å². The summed E-state index contributed by atoms with van der Waals surface area (Å²) in [6, 6.07) is 18.6. The van der Waals surface area contributed by atoms with Crippen LogP contribution < -0.4 is 14.2 Å². The molecule has 0 unspecified atom stereocenters. The molecule has 4 rings (SSSR count). The summed E-state index contributed by atoms with van der Waals surface area (Å²) in [7, 11) is -1.91. The van der Waals surface area contributed by atoms with Crippen molar-refractivity contribution in [2.75, 3.05) is 18.1 Å². The van der Waals surface area contributed by atoms with E-state index in [-0.39, 0.29) is 5.75 Å². The number of halogens is 3. The van der Waals surface area contributed by atoms with Crippen LogP contribution in [0.25, 0.3) is 16.6 Å². The van der Waals surface area contributed by atoms with Crippen LogP contribution in [0.3, 0.4) is 0 Å². The fourth-order valence-corrected chi connectivity index (χ4v) is 4.64. The lowest BCUT2D eigenvalue weighted by Gasteiger charge is -2.28. The monoisotopic (exact) mass is 518 g/mol. The Balaban J connectivity index is 1.81. The van der Waals surface area contributed by atoms with Crippen molar-refractivity contribution in [1.82, 2.24) is 4.57 Å². The molecule has 3 aromatic carbocycles. The first kappa shape index (κ1) is 25.4. The second-order valence-corrected chi connectivity index (χ2v) is 10.7. The zero-order chi connectivity index (χ0) is 26.3. The largest absolute Gasteiger partial charge is 0.573 e. The first-order valence-corrected chi connectivity index (χ1v) is 12.8. The maximum atomic E-state index is 12.8. The summed E-state index contributed by atoms with van der Waals surface area (Å²) in [5.74, 6) is 0.268. The van der Waals surface area contributed by atoms with Gasteiger partial charge in [-0.05, 0) is 53.6 Å². The highest BCUT2D eigenvalue weighted by molar-refractivity contribution is 7.92. The zero-order valence-electron chi connectivity index (χ0n) is 20.1. The van der Waals surface area contributed by atoms with Crippen LogP contribution >= 0.6 is 0 Å². The number of sulfonamides is 1. The predicted molar refractivity (Wildman–Crippen MR) is 134 cm³/mol. The Morgan fingerprint density at radius 2 is 1.61 bits per heavy atom. The number of methoxy groups -OCH3 is 1. The third-order valence-corrected chi connectivity index (χ3v) is 6.52. The van der Waals surface area contributed by atoms with Crippen LogP contribution in [0.5, 0.6) is 11.5 Å². The molecule has 0 spiro atoms. The Morgan fingerprint density at radius 3 is 2.28 bits per heavy atom. The highest BCUT2D eigenvalue weighted by Crippen LogP contribution is 2.38. The van der Waals surface area contributed by atoms with Gasteiger partial charge >= 0.3 is 6.36 Å². The van der Waals surface area contributed by atoms with Crippen LogP contribution in [-0.2, 0) is 15.4 Å². The molecule has 0 saturated carbocycles. The number of ether oxygens (including phenoxy) is 2. The second kappa shape index (κ2) is 9.09. The molecular weight excluding hydrogens is 493 g/mol. The number of fused-ring (bicyclic) bond motifs is 1. The third kappa shape index (κ3) is 5.59. The highest BCUT2D eigenvalue weighted by Gasteiger charge is 2.32. The van der Waals surface area contributed by atoms with Gasteiger partial charge < -0.3 is 14.0 Å². The lowest BCUT2D eigenvalue weighted by Crippen LogP contribution is -2.21. The van der Waals surface area contributed by atoms with Crippen LogP contribution in [0.1, 0.15) is 25.0 Å². The lowest BCUT2D eigenvalue weighted by molar-refractivity contribution is -0.274. The van der Waals surface area contributed by atoms with Crippen LogP contribution in [0.15, 0.2) is 72.9 Å². The molecule has 1 heterocycles. The normalized spacial score (nSPS) is 12.5. The molecule has 6 nitrogen and oxygen atoms in total. The number of nitrogens with zero attached hydrogens (tertiary/aromatic N) is 1. The Bertz CT molecular complexity index is 1530. The average Bonchev–Trinajstić information content (AvgIpc) is 3.20. The Labute approximate surface area is 207 Å². The summed E-state index contributed by atoms with van der Waals surface area (Å²) in [5, 5.41) is 0.898. The predicted octanol–water partition coefficient (Wildman–Crippen LogP) is 6.24. The molecule has 0 fully saturated rings. The molecule has 190 valence electrons. The van der Waals surface area contributed by atoms with Gasteiger partial charge in [0.25, 0.3) is 0 Å². The van der Waals surface area contributed by atoms with Gasteiger partial charge in [-0.25, -0.2) is 8.42 Å². The molecule has 4 aromatic rings. The van der Waals surface area contributed by atoms with Crippen molar-refractivity contribution in [3.05, 3.63) is 84.1 Å².